The van der Waals surface area contributed by atoms with Crippen molar-refractivity contribution in [1.29, 1.82) is 0 Å². The molecule has 0 spiro atoms. The molecule has 1 aromatic heterocycles. The molecular weight excluding hydrogens is 372 g/mol. The van der Waals surface area contributed by atoms with Gasteiger partial charge in [0.25, 0.3) is 5.91 Å². The molecule has 1 aliphatic heterocycles. The van der Waals surface area contributed by atoms with Gasteiger partial charge in [-0.05, 0) is 63.1 Å². The molecule has 0 atom stereocenters. The summed E-state index contributed by atoms with van der Waals surface area (Å²) in [6.07, 6.45) is 0.998. The number of hydrogen-bond acceptors (Lipinski definition) is 3. The van der Waals surface area contributed by atoms with Crippen LogP contribution >= 0.6 is 39.7 Å². The number of benzene rings is 1. The van der Waals surface area contributed by atoms with E-state index in [1.165, 1.54) is 5.56 Å². The van der Waals surface area contributed by atoms with E-state index in [1.54, 1.807) is 16.2 Å². The number of halogens is 2. The average molecular weight is 388 g/mol. The second-order valence-electron chi connectivity index (χ2n) is 4.97. The Morgan fingerprint density at radius 3 is 2.95 bits per heavy atom. The van der Waals surface area contributed by atoms with Gasteiger partial charge in [0.2, 0.25) is 0 Å². The summed E-state index contributed by atoms with van der Waals surface area (Å²) >= 11 is 5.09. The van der Waals surface area contributed by atoms with E-state index in [-0.39, 0.29) is 18.3 Å². The molecule has 0 fully saturated rings. The van der Waals surface area contributed by atoms with E-state index in [0.29, 0.717) is 6.54 Å². The zero-order chi connectivity index (χ0) is 14.1. The normalized spacial score (nSPS) is 12.3. The Morgan fingerprint density at radius 1 is 1.43 bits per heavy atom. The Kier molecular flexibility index (Phi) is 5.30. The first-order chi connectivity index (χ1) is 9.63. The molecule has 2 aromatic rings. The Balaban J connectivity index is 0.00000161. The third kappa shape index (κ3) is 3.59. The van der Waals surface area contributed by atoms with E-state index in [4.69, 9.17) is 0 Å². The molecule has 1 aromatic carbocycles. The lowest BCUT2D eigenvalue weighted by molar-refractivity contribution is 0.0785. The molecule has 6 heteroatoms. The van der Waals surface area contributed by atoms with Gasteiger partial charge in [-0.3, -0.25) is 4.79 Å². The maximum absolute atomic E-state index is 12.5. The quantitative estimate of drug-likeness (QED) is 0.857. The van der Waals surface area contributed by atoms with Crippen LogP contribution in [0, 0.1) is 0 Å². The number of fused-ring (bicyclic) bond motifs is 1. The Bertz CT molecular complexity index is 659. The van der Waals surface area contributed by atoms with Gasteiger partial charge in [0.05, 0.1) is 3.79 Å². The molecule has 0 aliphatic carbocycles. The molecule has 2 heterocycles. The number of carbonyl (C=O) groups excluding carboxylic acids is 1. The summed E-state index contributed by atoms with van der Waals surface area (Å²) in [6, 6.07) is 7.98. The lowest BCUT2D eigenvalue weighted by Crippen LogP contribution is -2.26. The van der Waals surface area contributed by atoms with Crippen LogP contribution in [0.25, 0.3) is 0 Å². The van der Waals surface area contributed by atoms with Crippen molar-refractivity contribution in [3.63, 3.8) is 0 Å². The number of thiophene rings is 1. The van der Waals surface area contributed by atoms with Crippen molar-refractivity contribution in [3.05, 3.63) is 50.1 Å². The Labute approximate surface area is 142 Å². The first-order valence-electron chi connectivity index (χ1n) is 6.48. The highest BCUT2D eigenvalue weighted by Crippen LogP contribution is 2.25. The third-order valence-corrected chi connectivity index (χ3v) is 5.00. The molecule has 1 N–H and O–H groups in total. The standard InChI is InChI=1S/C15H15BrN2OS.ClH/c1-18(8-10-6-14(16)20-9-10)15(19)12-2-3-13-11(7-12)4-5-17-13;/h2-3,6-7,9,17H,4-5,8H2,1H3;1H. The molecule has 3 nitrogen and oxygen atoms in total. The van der Waals surface area contributed by atoms with Gasteiger partial charge in [0, 0.05) is 31.4 Å². The highest BCUT2D eigenvalue weighted by molar-refractivity contribution is 9.11. The van der Waals surface area contributed by atoms with Gasteiger partial charge in [-0.25, -0.2) is 0 Å². The lowest BCUT2D eigenvalue weighted by Gasteiger charge is -2.17. The number of hydrogen-bond donors (Lipinski definition) is 1. The molecule has 112 valence electrons. The van der Waals surface area contributed by atoms with Crippen molar-refractivity contribution in [2.24, 2.45) is 0 Å². The number of nitrogens with one attached hydrogen (secondary N) is 1. The van der Waals surface area contributed by atoms with Crippen molar-refractivity contribution in [3.8, 4) is 0 Å². The van der Waals surface area contributed by atoms with E-state index in [1.807, 2.05) is 25.2 Å². The van der Waals surface area contributed by atoms with Crippen LogP contribution in [0.4, 0.5) is 5.69 Å². The molecular formula is C15H16BrClN2OS. The number of amides is 1. The van der Waals surface area contributed by atoms with Crippen molar-refractivity contribution in [2.45, 2.75) is 13.0 Å². The molecule has 0 bridgehead atoms. The molecule has 1 amide bonds. The average Bonchev–Trinajstić information content (AvgIpc) is 3.05. The van der Waals surface area contributed by atoms with Crippen molar-refractivity contribution in [1.82, 2.24) is 4.90 Å². The van der Waals surface area contributed by atoms with Gasteiger partial charge in [-0.1, -0.05) is 0 Å². The predicted molar refractivity (Wildman–Crippen MR) is 93.7 cm³/mol. The minimum atomic E-state index is 0. The largest absolute Gasteiger partial charge is 0.384 e. The zero-order valence-corrected chi connectivity index (χ0v) is 14.8. The smallest absolute Gasteiger partial charge is 0.253 e. The second kappa shape index (κ2) is 6.81. The molecule has 0 saturated heterocycles. The Hall–Kier alpha value is -1.04. The highest BCUT2D eigenvalue weighted by Gasteiger charge is 2.16. The van der Waals surface area contributed by atoms with Gasteiger partial charge < -0.3 is 10.2 Å². The van der Waals surface area contributed by atoms with Gasteiger partial charge in [0.1, 0.15) is 0 Å². The minimum Gasteiger partial charge on any atom is -0.384 e. The fourth-order valence-electron chi connectivity index (χ4n) is 2.43. The monoisotopic (exact) mass is 386 g/mol. The number of rotatable bonds is 3. The van der Waals surface area contributed by atoms with Gasteiger partial charge >= 0.3 is 0 Å². The van der Waals surface area contributed by atoms with Crippen LogP contribution < -0.4 is 5.32 Å². The summed E-state index contributed by atoms with van der Waals surface area (Å²) < 4.78 is 1.09. The summed E-state index contributed by atoms with van der Waals surface area (Å²) in [6.45, 7) is 1.60. The molecule has 0 radical (unpaired) electrons. The fraction of sp³-hybridized carbons (Fsp3) is 0.267. The van der Waals surface area contributed by atoms with Crippen LogP contribution in [-0.2, 0) is 13.0 Å². The van der Waals surface area contributed by atoms with Crippen molar-refractivity contribution < 1.29 is 4.79 Å². The Morgan fingerprint density at radius 2 is 2.24 bits per heavy atom. The molecule has 3 rings (SSSR count). The first-order valence-corrected chi connectivity index (χ1v) is 8.16. The highest BCUT2D eigenvalue weighted by atomic mass is 79.9. The minimum absolute atomic E-state index is 0. The van der Waals surface area contributed by atoms with E-state index >= 15 is 0 Å². The van der Waals surface area contributed by atoms with E-state index < -0.39 is 0 Å². The molecule has 1 aliphatic rings. The topological polar surface area (TPSA) is 32.3 Å². The number of carbonyl (C=O) groups is 1. The molecule has 0 unspecified atom stereocenters. The summed E-state index contributed by atoms with van der Waals surface area (Å²) in [5.74, 6) is 0.0713. The summed E-state index contributed by atoms with van der Waals surface area (Å²) in [5, 5.41) is 5.38. The zero-order valence-electron chi connectivity index (χ0n) is 11.6. The van der Waals surface area contributed by atoms with Crippen LogP contribution in [0.3, 0.4) is 0 Å². The summed E-state index contributed by atoms with van der Waals surface area (Å²) in [4.78, 5) is 14.2. The van der Waals surface area contributed by atoms with Crippen LogP contribution in [-0.4, -0.2) is 24.4 Å². The maximum atomic E-state index is 12.5. The van der Waals surface area contributed by atoms with Crippen molar-refractivity contribution >= 4 is 51.3 Å². The summed E-state index contributed by atoms with van der Waals surface area (Å²) in [7, 11) is 1.85. The van der Waals surface area contributed by atoms with Crippen LogP contribution in [0.2, 0.25) is 0 Å². The van der Waals surface area contributed by atoms with E-state index in [9.17, 15) is 4.79 Å². The SMILES string of the molecule is CN(Cc1csc(Br)c1)C(=O)c1ccc2c(c1)CCN2.Cl. The molecule has 21 heavy (non-hydrogen) atoms. The summed E-state index contributed by atoms with van der Waals surface area (Å²) in [5.41, 5.74) is 4.32. The van der Waals surface area contributed by atoms with Crippen LogP contribution in [0.5, 0.6) is 0 Å². The fourth-order valence-corrected chi connectivity index (χ4v) is 3.63. The van der Waals surface area contributed by atoms with Crippen LogP contribution in [0.15, 0.2) is 33.4 Å². The third-order valence-electron chi connectivity index (χ3n) is 3.45. The first kappa shape index (κ1) is 16.3. The van der Waals surface area contributed by atoms with Gasteiger partial charge in [-0.2, -0.15) is 0 Å². The van der Waals surface area contributed by atoms with Crippen LogP contribution in [0.1, 0.15) is 21.5 Å². The number of nitrogens with zero attached hydrogens (tertiary/aromatic N) is 1. The van der Waals surface area contributed by atoms with Gasteiger partial charge in [0.15, 0.2) is 0 Å². The van der Waals surface area contributed by atoms with E-state index in [2.05, 4.69) is 32.7 Å². The number of anilines is 1. The maximum Gasteiger partial charge on any atom is 0.253 e. The lowest BCUT2D eigenvalue weighted by atomic mass is 10.1. The second-order valence-corrected chi connectivity index (χ2v) is 7.26. The van der Waals surface area contributed by atoms with Gasteiger partial charge in [-0.15, -0.1) is 23.7 Å². The predicted octanol–water partition coefficient (Wildman–Crippen LogP) is 4.17. The van der Waals surface area contributed by atoms with E-state index in [0.717, 1.165) is 33.6 Å². The molecule has 0 saturated carbocycles. The van der Waals surface area contributed by atoms with Crippen molar-refractivity contribution in [2.75, 3.05) is 18.9 Å².